The lowest BCUT2D eigenvalue weighted by atomic mass is 9.72. The lowest BCUT2D eigenvalue weighted by Crippen LogP contribution is -2.42. The first-order valence-corrected chi connectivity index (χ1v) is 16.5. The molecule has 6 nitrogen and oxygen atoms in total. The molecule has 0 radical (unpaired) electrons. The number of halogens is 1. The van der Waals surface area contributed by atoms with Gasteiger partial charge >= 0.3 is 5.97 Å². The van der Waals surface area contributed by atoms with Crippen LogP contribution >= 0.6 is 27.3 Å². The lowest BCUT2D eigenvalue weighted by Gasteiger charge is -2.37. The van der Waals surface area contributed by atoms with Crippen LogP contribution in [0.1, 0.15) is 93.2 Å². The number of fused-ring (bicyclic) bond motifs is 1. The second kappa shape index (κ2) is 12.8. The molecule has 2 saturated carbocycles. The Morgan fingerprint density at radius 2 is 1.80 bits per heavy atom. The summed E-state index contributed by atoms with van der Waals surface area (Å²) >= 11 is 4.89. The second-order valence-corrected chi connectivity index (χ2v) is 15.5. The third-order valence-corrected chi connectivity index (χ3v) is 10.6. The molecule has 0 spiro atoms. The molecule has 0 bridgehead atoms. The predicted octanol–water partition coefficient (Wildman–Crippen LogP) is 8.20. The van der Waals surface area contributed by atoms with Crippen molar-refractivity contribution in [2.24, 2.45) is 17.3 Å². The molecule has 0 saturated heterocycles. The molecule has 41 heavy (non-hydrogen) atoms. The molecule has 3 aromatic rings. The van der Waals surface area contributed by atoms with Crippen molar-refractivity contribution in [3.8, 4) is 5.75 Å². The van der Waals surface area contributed by atoms with Crippen LogP contribution in [-0.2, 0) is 17.6 Å². The molecule has 1 atom stereocenters. The fourth-order valence-corrected chi connectivity index (χ4v) is 7.99. The van der Waals surface area contributed by atoms with Crippen LogP contribution in [0.2, 0.25) is 0 Å². The van der Waals surface area contributed by atoms with E-state index in [1.54, 1.807) is 6.07 Å². The Morgan fingerprint density at radius 1 is 1.07 bits per heavy atom. The number of carbonyl (C=O) groups is 2. The van der Waals surface area contributed by atoms with Gasteiger partial charge in [0, 0.05) is 22.4 Å². The van der Waals surface area contributed by atoms with Gasteiger partial charge in [0.1, 0.15) is 17.5 Å². The highest BCUT2D eigenvalue weighted by Gasteiger charge is 2.31. The Labute approximate surface area is 255 Å². The number of hydrogen-bond acceptors (Lipinski definition) is 5. The average molecular weight is 642 g/mol. The summed E-state index contributed by atoms with van der Waals surface area (Å²) in [6.07, 6.45) is 10.6. The van der Waals surface area contributed by atoms with Gasteiger partial charge in [0.05, 0.1) is 9.89 Å². The molecule has 2 N–H and O–H groups in total. The molecule has 2 fully saturated rings. The SMILES string of the molecule is CC(C)(C)[C@H]1CC[C@H](Oc2ccc3cc(C(=O)N[C@@H](Cc4ccc(Br)s4)C(=O)O)nc(CC4CCCC4)c3c2)CC1. The Morgan fingerprint density at radius 3 is 2.44 bits per heavy atom. The summed E-state index contributed by atoms with van der Waals surface area (Å²) in [4.78, 5) is 31.1. The molecule has 1 amide bonds. The minimum Gasteiger partial charge on any atom is -0.490 e. The quantitative estimate of drug-likeness (QED) is 0.246. The number of hydrogen-bond donors (Lipinski definition) is 2. The van der Waals surface area contributed by atoms with Gasteiger partial charge in [-0.15, -0.1) is 11.3 Å². The van der Waals surface area contributed by atoms with Crippen LogP contribution in [0.5, 0.6) is 5.75 Å². The molecule has 2 aliphatic rings. The molecule has 8 heteroatoms. The van der Waals surface area contributed by atoms with Gasteiger partial charge in [0.2, 0.25) is 0 Å². The maximum atomic E-state index is 13.3. The number of aliphatic carboxylic acids is 1. The van der Waals surface area contributed by atoms with Gasteiger partial charge in [-0.25, -0.2) is 9.78 Å². The van der Waals surface area contributed by atoms with E-state index in [4.69, 9.17) is 9.72 Å². The highest BCUT2D eigenvalue weighted by Crippen LogP contribution is 2.39. The highest BCUT2D eigenvalue weighted by molar-refractivity contribution is 9.11. The number of amides is 1. The van der Waals surface area contributed by atoms with Crippen molar-refractivity contribution >= 4 is 49.9 Å². The number of aromatic nitrogens is 1. The van der Waals surface area contributed by atoms with Gasteiger partial charge in [-0.2, -0.15) is 0 Å². The summed E-state index contributed by atoms with van der Waals surface area (Å²) in [7, 11) is 0. The smallest absolute Gasteiger partial charge is 0.326 e. The Hall–Kier alpha value is -2.45. The molecule has 2 heterocycles. The zero-order valence-corrected chi connectivity index (χ0v) is 26.7. The largest absolute Gasteiger partial charge is 0.490 e. The van der Waals surface area contributed by atoms with Gasteiger partial charge < -0.3 is 15.2 Å². The number of carboxylic acid groups (broad SMARTS) is 1. The molecule has 5 rings (SSSR count). The molecular weight excluding hydrogens is 600 g/mol. The van der Waals surface area contributed by atoms with Gasteiger partial charge in [0.15, 0.2) is 0 Å². The Balaban J connectivity index is 1.36. The maximum absolute atomic E-state index is 13.3. The highest BCUT2D eigenvalue weighted by atomic mass is 79.9. The third kappa shape index (κ3) is 7.69. The minimum absolute atomic E-state index is 0.220. The molecule has 1 aromatic carbocycles. The van der Waals surface area contributed by atoms with Crippen LogP contribution < -0.4 is 10.1 Å². The Bertz CT molecular complexity index is 1380. The number of pyridine rings is 1. The van der Waals surface area contributed by atoms with Crippen molar-refractivity contribution in [1.82, 2.24) is 10.3 Å². The average Bonchev–Trinajstić information content (AvgIpc) is 3.59. The van der Waals surface area contributed by atoms with Crippen LogP contribution in [0.15, 0.2) is 40.2 Å². The van der Waals surface area contributed by atoms with Crippen LogP contribution in [0, 0.1) is 17.3 Å². The number of thiophene rings is 1. The molecule has 2 aromatic heterocycles. The first kappa shape index (κ1) is 30.0. The number of carbonyl (C=O) groups excluding carboxylic acids is 1. The topological polar surface area (TPSA) is 88.5 Å². The van der Waals surface area contributed by atoms with Crippen molar-refractivity contribution < 1.29 is 19.4 Å². The normalized spacial score (nSPS) is 20.7. The fraction of sp³-hybridized carbons (Fsp3) is 0.545. The summed E-state index contributed by atoms with van der Waals surface area (Å²) in [5.41, 5.74) is 1.50. The maximum Gasteiger partial charge on any atom is 0.326 e. The molecule has 2 aliphatic carbocycles. The van der Waals surface area contributed by atoms with Gasteiger partial charge in [0.25, 0.3) is 5.91 Å². The standard InChI is InChI=1S/C33H41BrN2O4S/c1-33(2,3)22-9-12-23(13-10-22)40-24-11-8-21-17-28(35-27(26(21)18-24)16-20-6-4-5-7-20)31(37)36-29(32(38)39)19-25-14-15-30(34)41-25/h8,11,14-15,17-18,20,22-23,29H,4-7,9-10,12-13,16,19H2,1-3H3,(H,36,37)(H,38,39)/t22-,23-,29-/m0/s1. The van der Waals surface area contributed by atoms with Gasteiger partial charge in [-0.05, 0) is 101 Å². The Kier molecular flexibility index (Phi) is 9.39. The predicted molar refractivity (Wildman–Crippen MR) is 168 cm³/mol. The van der Waals surface area contributed by atoms with E-state index in [2.05, 4.69) is 48.1 Å². The number of rotatable bonds is 9. The summed E-state index contributed by atoms with van der Waals surface area (Å²) in [5, 5.41) is 14.5. The van der Waals surface area contributed by atoms with Crippen molar-refractivity contribution in [1.29, 1.82) is 0 Å². The first-order chi connectivity index (χ1) is 19.5. The van der Waals surface area contributed by atoms with E-state index in [0.29, 0.717) is 11.3 Å². The van der Waals surface area contributed by atoms with E-state index in [-0.39, 0.29) is 18.2 Å². The summed E-state index contributed by atoms with van der Waals surface area (Å²) in [5.74, 6) is 0.618. The van der Waals surface area contributed by atoms with Crippen molar-refractivity contribution in [3.05, 3.63) is 56.4 Å². The van der Waals surface area contributed by atoms with E-state index in [1.165, 1.54) is 49.9 Å². The van der Waals surface area contributed by atoms with Crippen molar-refractivity contribution in [2.75, 3.05) is 0 Å². The van der Waals surface area contributed by atoms with Crippen molar-refractivity contribution in [3.63, 3.8) is 0 Å². The summed E-state index contributed by atoms with van der Waals surface area (Å²) in [6.45, 7) is 7.00. The lowest BCUT2D eigenvalue weighted by molar-refractivity contribution is -0.139. The number of nitrogens with zero attached hydrogens (tertiary/aromatic N) is 1. The van der Waals surface area contributed by atoms with Crippen LogP contribution in [0.25, 0.3) is 10.8 Å². The summed E-state index contributed by atoms with van der Waals surface area (Å²) in [6, 6.07) is 10.6. The van der Waals surface area contributed by atoms with Gasteiger partial charge in [-0.1, -0.05) is 52.5 Å². The van der Waals surface area contributed by atoms with E-state index < -0.39 is 17.9 Å². The summed E-state index contributed by atoms with van der Waals surface area (Å²) < 4.78 is 7.42. The van der Waals surface area contributed by atoms with E-state index in [0.717, 1.165) is 56.1 Å². The van der Waals surface area contributed by atoms with E-state index in [1.807, 2.05) is 24.3 Å². The number of carboxylic acids is 1. The molecular formula is C33H41BrN2O4S. The van der Waals surface area contributed by atoms with Gasteiger partial charge in [-0.3, -0.25) is 4.79 Å². The van der Waals surface area contributed by atoms with Crippen LogP contribution in [0.3, 0.4) is 0 Å². The number of nitrogens with one attached hydrogen (secondary N) is 1. The number of benzene rings is 1. The molecule has 220 valence electrons. The first-order valence-electron chi connectivity index (χ1n) is 14.9. The zero-order chi connectivity index (χ0) is 29.1. The third-order valence-electron chi connectivity index (χ3n) is 8.91. The van der Waals surface area contributed by atoms with E-state index in [9.17, 15) is 14.7 Å². The fourth-order valence-electron chi connectivity index (χ4n) is 6.46. The van der Waals surface area contributed by atoms with Crippen LogP contribution in [-0.4, -0.2) is 34.1 Å². The second-order valence-electron chi connectivity index (χ2n) is 12.9. The van der Waals surface area contributed by atoms with E-state index >= 15 is 0 Å². The molecule has 0 aliphatic heterocycles. The monoisotopic (exact) mass is 640 g/mol. The van der Waals surface area contributed by atoms with Crippen LogP contribution in [0.4, 0.5) is 0 Å². The van der Waals surface area contributed by atoms with Crippen molar-refractivity contribution in [2.45, 2.75) is 97.1 Å². The molecule has 0 unspecified atom stereocenters. The minimum atomic E-state index is -1.06. The zero-order valence-electron chi connectivity index (χ0n) is 24.2. The number of ether oxygens (including phenoxy) is 1.